The van der Waals surface area contributed by atoms with Crippen LogP contribution >= 0.6 is 0 Å². The molecule has 2 heterocycles. The predicted molar refractivity (Wildman–Crippen MR) is 68.8 cm³/mol. The molecule has 7 heteroatoms. The number of aromatic nitrogens is 4. The van der Waals surface area contributed by atoms with Gasteiger partial charge in [-0.3, -0.25) is 0 Å². The molecule has 0 aliphatic rings. The Bertz CT molecular complexity index is 662. The van der Waals surface area contributed by atoms with Crippen molar-refractivity contribution in [1.29, 1.82) is 0 Å². The minimum Gasteiger partial charge on any atom is -0.460 e. The van der Waals surface area contributed by atoms with Crippen molar-refractivity contribution in [1.82, 2.24) is 25.9 Å². The lowest BCUT2D eigenvalue weighted by molar-refractivity contribution is 0.490. The van der Waals surface area contributed by atoms with Gasteiger partial charge in [0.05, 0.1) is 13.1 Å². The van der Waals surface area contributed by atoms with Gasteiger partial charge in [0, 0.05) is 5.56 Å². The zero-order valence-electron chi connectivity index (χ0n) is 10.5. The highest BCUT2D eigenvalue weighted by Gasteiger charge is 2.05. The molecular formula is C13H12FN5O. The van der Waals surface area contributed by atoms with E-state index in [1.165, 1.54) is 12.1 Å². The molecule has 0 aliphatic carbocycles. The molecule has 2 aromatic heterocycles. The van der Waals surface area contributed by atoms with Gasteiger partial charge in [0.15, 0.2) is 5.82 Å². The van der Waals surface area contributed by atoms with E-state index < -0.39 is 0 Å². The van der Waals surface area contributed by atoms with E-state index in [4.69, 9.17) is 4.42 Å². The van der Waals surface area contributed by atoms with Gasteiger partial charge in [-0.15, -0.1) is 10.2 Å². The first-order chi connectivity index (χ1) is 9.81. The number of H-pyrrole nitrogens is 1. The second kappa shape index (κ2) is 5.62. The number of aromatic amines is 1. The molecule has 3 aromatic rings. The average Bonchev–Trinajstić information content (AvgIpc) is 3.11. The fourth-order valence-corrected chi connectivity index (χ4v) is 1.80. The molecule has 0 amide bonds. The molecule has 2 N–H and O–H groups in total. The van der Waals surface area contributed by atoms with E-state index in [-0.39, 0.29) is 5.82 Å². The van der Waals surface area contributed by atoms with Gasteiger partial charge in [0.25, 0.3) is 0 Å². The van der Waals surface area contributed by atoms with Gasteiger partial charge in [0.1, 0.15) is 17.3 Å². The van der Waals surface area contributed by atoms with Gasteiger partial charge in [-0.1, -0.05) is 5.21 Å². The summed E-state index contributed by atoms with van der Waals surface area (Å²) in [6, 6.07) is 9.92. The van der Waals surface area contributed by atoms with Crippen molar-refractivity contribution in [2.45, 2.75) is 13.1 Å². The van der Waals surface area contributed by atoms with Gasteiger partial charge < -0.3 is 9.73 Å². The van der Waals surface area contributed by atoms with E-state index in [0.29, 0.717) is 24.7 Å². The fourth-order valence-electron chi connectivity index (χ4n) is 1.80. The zero-order valence-corrected chi connectivity index (χ0v) is 10.5. The summed E-state index contributed by atoms with van der Waals surface area (Å²) in [4.78, 5) is 0. The van der Waals surface area contributed by atoms with E-state index in [0.717, 1.165) is 11.3 Å². The van der Waals surface area contributed by atoms with Crippen molar-refractivity contribution < 1.29 is 8.81 Å². The number of tetrazole rings is 1. The number of hydrogen-bond donors (Lipinski definition) is 2. The van der Waals surface area contributed by atoms with Crippen molar-refractivity contribution >= 4 is 0 Å². The van der Waals surface area contributed by atoms with Gasteiger partial charge in [-0.25, -0.2) is 4.39 Å². The van der Waals surface area contributed by atoms with Crippen molar-refractivity contribution in [3.05, 3.63) is 53.8 Å². The molecule has 0 unspecified atom stereocenters. The number of nitrogens with one attached hydrogen (secondary N) is 2. The second-order valence-corrected chi connectivity index (χ2v) is 4.20. The summed E-state index contributed by atoms with van der Waals surface area (Å²) in [5.41, 5.74) is 0.843. The molecule has 0 saturated carbocycles. The second-order valence-electron chi connectivity index (χ2n) is 4.20. The smallest absolute Gasteiger partial charge is 0.188 e. The molecule has 102 valence electrons. The van der Waals surface area contributed by atoms with Gasteiger partial charge in [0.2, 0.25) is 0 Å². The Kier molecular flexibility index (Phi) is 3.51. The van der Waals surface area contributed by atoms with Crippen LogP contribution in [0.3, 0.4) is 0 Å². The summed E-state index contributed by atoms with van der Waals surface area (Å²) in [6.07, 6.45) is 0. The molecule has 6 nitrogen and oxygen atoms in total. The van der Waals surface area contributed by atoms with Crippen LogP contribution in [0.15, 0.2) is 40.8 Å². The standard InChI is InChI=1S/C13H12FN5O/c14-10-3-1-9(2-4-10)12-6-5-11(20-12)7-15-8-13-16-18-19-17-13/h1-6,15H,7-8H2,(H,16,17,18,19). The van der Waals surface area contributed by atoms with Crippen LogP contribution < -0.4 is 5.32 Å². The highest BCUT2D eigenvalue weighted by Crippen LogP contribution is 2.22. The Labute approximate surface area is 114 Å². The SMILES string of the molecule is Fc1ccc(-c2ccc(CNCc3nn[nH]n3)o2)cc1. The Hall–Kier alpha value is -2.54. The molecular weight excluding hydrogens is 261 g/mol. The minimum atomic E-state index is -0.262. The lowest BCUT2D eigenvalue weighted by Gasteiger charge is -1.99. The molecule has 0 atom stereocenters. The van der Waals surface area contributed by atoms with Crippen LogP contribution in [0.2, 0.25) is 0 Å². The normalized spacial score (nSPS) is 10.8. The average molecular weight is 273 g/mol. The number of benzene rings is 1. The lowest BCUT2D eigenvalue weighted by atomic mass is 10.2. The molecule has 20 heavy (non-hydrogen) atoms. The van der Waals surface area contributed by atoms with Crippen molar-refractivity contribution in [3.63, 3.8) is 0 Å². The van der Waals surface area contributed by atoms with Crippen molar-refractivity contribution in [2.75, 3.05) is 0 Å². The maximum atomic E-state index is 12.8. The Morgan fingerprint density at radius 3 is 2.70 bits per heavy atom. The molecule has 0 fully saturated rings. The van der Waals surface area contributed by atoms with E-state index in [2.05, 4.69) is 25.9 Å². The summed E-state index contributed by atoms with van der Waals surface area (Å²) in [5, 5.41) is 16.7. The van der Waals surface area contributed by atoms with E-state index in [1.807, 2.05) is 12.1 Å². The molecule has 0 saturated heterocycles. The molecule has 0 aliphatic heterocycles. The first kappa shape index (κ1) is 12.5. The van der Waals surface area contributed by atoms with Crippen LogP contribution in [0, 0.1) is 5.82 Å². The summed E-state index contributed by atoms with van der Waals surface area (Å²) in [7, 11) is 0. The number of furan rings is 1. The summed E-state index contributed by atoms with van der Waals surface area (Å²) >= 11 is 0. The van der Waals surface area contributed by atoms with Crippen LogP contribution in [0.1, 0.15) is 11.6 Å². The van der Waals surface area contributed by atoms with Gasteiger partial charge in [-0.05, 0) is 36.4 Å². The first-order valence-electron chi connectivity index (χ1n) is 6.09. The maximum Gasteiger partial charge on any atom is 0.188 e. The van der Waals surface area contributed by atoms with Crippen LogP contribution in [0.25, 0.3) is 11.3 Å². The fraction of sp³-hybridized carbons (Fsp3) is 0.154. The Morgan fingerprint density at radius 2 is 1.95 bits per heavy atom. The monoisotopic (exact) mass is 273 g/mol. The van der Waals surface area contributed by atoms with E-state index in [9.17, 15) is 4.39 Å². The highest BCUT2D eigenvalue weighted by molar-refractivity contribution is 5.57. The van der Waals surface area contributed by atoms with Crippen LogP contribution in [0.4, 0.5) is 4.39 Å². The molecule has 0 radical (unpaired) electrons. The van der Waals surface area contributed by atoms with Gasteiger partial charge in [-0.2, -0.15) is 5.21 Å². The first-order valence-corrected chi connectivity index (χ1v) is 6.09. The lowest BCUT2D eigenvalue weighted by Crippen LogP contribution is -2.13. The zero-order chi connectivity index (χ0) is 13.8. The number of halogens is 1. The molecule has 3 rings (SSSR count). The molecule has 0 bridgehead atoms. The van der Waals surface area contributed by atoms with Crippen LogP contribution in [-0.2, 0) is 13.1 Å². The quantitative estimate of drug-likeness (QED) is 0.742. The van der Waals surface area contributed by atoms with Crippen LogP contribution in [-0.4, -0.2) is 20.6 Å². The summed E-state index contributed by atoms with van der Waals surface area (Å²) in [5.74, 6) is 1.83. The van der Waals surface area contributed by atoms with Crippen LogP contribution in [0.5, 0.6) is 0 Å². The third-order valence-electron chi connectivity index (χ3n) is 2.76. The topological polar surface area (TPSA) is 79.6 Å². The molecule has 0 spiro atoms. The Morgan fingerprint density at radius 1 is 1.10 bits per heavy atom. The largest absolute Gasteiger partial charge is 0.460 e. The van der Waals surface area contributed by atoms with Crippen molar-refractivity contribution in [2.24, 2.45) is 0 Å². The Balaban J connectivity index is 1.60. The number of rotatable bonds is 5. The van der Waals surface area contributed by atoms with Gasteiger partial charge >= 0.3 is 0 Å². The number of hydrogen-bond acceptors (Lipinski definition) is 5. The number of nitrogens with zero attached hydrogens (tertiary/aromatic N) is 3. The van der Waals surface area contributed by atoms with Crippen molar-refractivity contribution in [3.8, 4) is 11.3 Å². The van der Waals surface area contributed by atoms with E-state index in [1.54, 1.807) is 12.1 Å². The third kappa shape index (κ3) is 2.89. The predicted octanol–water partition coefficient (Wildman–Crippen LogP) is 1.89. The van der Waals surface area contributed by atoms with E-state index >= 15 is 0 Å². The molecule has 1 aromatic carbocycles. The summed E-state index contributed by atoms with van der Waals surface area (Å²) < 4.78 is 18.5. The maximum absolute atomic E-state index is 12.8. The third-order valence-corrected chi connectivity index (χ3v) is 2.76. The summed E-state index contributed by atoms with van der Waals surface area (Å²) in [6.45, 7) is 1.05. The highest BCUT2D eigenvalue weighted by atomic mass is 19.1. The minimum absolute atomic E-state index is 0.262.